The van der Waals surface area contributed by atoms with Gasteiger partial charge in [-0.1, -0.05) is 0 Å². The summed E-state index contributed by atoms with van der Waals surface area (Å²) >= 11 is 0. The van der Waals surface area contributed by atoms with Gasteiger partial charge < -0.3 is 34.3 Å². The van der Waals surface area contributed by atoms with E-state index in [1.807, 2.05) is 25.7 Å². The summed E-state index contributed by atoms with van der Waals surface area (Å²) in [5.41, 5.74) is 1.81. The number of fused-ring (bicyclic) bond motifs is 1. The Morgan fingerprint density at radius 3 is 2.56 bits per heavy atom. The van der Waals surface area contributed by atoms with Crippen molar-refractivity contribution in [3.05, 3.63) is 47.7 Å². The number of anilines is 2. The Balaban J connectivity index is 1.32. The van der Waals surface area contributed by atoms with E-state index < -0.39 is 11.4 Å². The molecule has 45 heavy (non-hydrogen) atoms. The summed E-state index contributed by atoms with van der Waals surface area (Å²) in [5.74, 6) is 0.212. The Bertz CT molecular complexity index is 1730. The van der Waals surface area contributed by atoms with Crippen LogP contribution in [-0.4, -0.2) is 94.6 Å². The van der Waals surface area contributed by atoms with Crippen LogP contribution < -0.4 is 15.5 Å². The maximum atomic E-state index is 15.4. The highest BCUT2D eigenvalue weighted by atomic mass is 19.1. The second kappa shape index (κ2) is 12.0. The van der Waals surface area contributed by atoms with Crippen molar-refractivity contribution in [3.63, 3.8) is 0 Å². The lowest BCUT2D eigenvalue weighted by Crippen LogP contribution is -2.50. The average molecular weight is 621 g/mol. The minimum Gasteiger partial charge on any atom is -0.444 e. The zero-order valence-electron chi connectivity index (χ0n) is 26.0. The second-order valence-corrected chi connectivity index (χ2v) is 12.2. The van der Waals surface area contributed by atoms with Gasteiger partial charge in [-0.2, -0.15) is 5.10 Å². The third-order valence-electron chi connectivity index (χ3n) is 7.76. The molecule has 2 fully saturated rings. The van der Waals surface area contributed by atoms with E-state index in [1.165, 1.54) is 25.4 Å². The number of amides is 2. The Hall–Kier alpha value is -4.72. The number of aryl methyl sites for hydroxylation is 1. The topological polar surface area (TPSA) is 139 Å². The van der Waals surface area contributed by atoms with Gasteiger partial charge in [0.25, 0.3) is 11.9 Å². The van der Waals surface area contributed by atoms with E-state index in [1.54, 1.807) is 28.7 Å². The Labute approximate surface area is 259 Å². The smallest absolute Gasteiger partial charge is 0.410 e. The quantitative estimate of drug-likeness (QED) is 0.324. The van der Waals surface area contributed by atoms with E-state index in [-0.39, 0.29) is 23.6 Å². The van der Waals surface area contributed by atoms with Crippen LogP contribution in [0.5, 0.6) is 0 Å². The minimum absolute atomic E-state index is 0.0175. The fourth-order valence-electron chi connectivity index (χ4n) is 5.42. The first-order valence-electron chi connectivity index (χ1n) is 14.9. The van der Waals surface area contributed by atoms with Gasteiger partial charge in [0.2, 0.25) is 0 Å². The van der Waals surface area contributed by atoms with Crippen LogP contribution in [0.2, 0.25) is 0 Å². The number of hydrogen-bond acceptors (Lipinski definition) is 10. The fraction of sp³-hybridized carbons (Fsp3) is 0.452. The molecule has 1 atom stereocenters. The van der Waals surface area contributed by atoms with Gasteiger partial charge in [0.1, 0.15) is 17.2 Å². The average Bonchev–Trinajstić information content (AvgIpc) is 3.79. The van der Waals surface area contributed by atoms with Crippen LogP contribution in [0.3, 0.4) is 0 Å². The summed E-state index contributed by atoms with van der Waals surface area (Å²) in [6, 6.07) is 3.47. The molecule has 2 saturated heterocycles. The SMILES string of the molecule is CNC(=O)c1cc(C)c(F)c(-c2cnn3cc(-c4cnc(N5CCN(C(=O)OC(C)(C)C)CC5)o4)c(N[C@H]4CCOC4)nc23)c1. The molecule has 0 unspecified atom stereocenters. The first-order valence-corrected chi connectivity index (χ1v) is 14.9. The van der Waals surface area contributed by atoms with E-state index in [2.05, 4.69) is 20.7 Å². The number of carbonyl (C=O) groups is 2. The number of halogens is 1. The molecule has 2 amide bonds. The minimum atomic E-state index is -0.560. The molecule has 13 nitrogen and oxygen atoms in total. The summed E-state index contributed by atoms with van der Waals surface area (Å²) in [6.45, 7) is 10.3. The van der Waals surface area contributed by atoms with Crippen LogP contribution in [0, 0.1) is 12.7 Å². The van der Waals surface area contributed by atoms with Gasteiger partial charge in [0.05, 0.1) is 30.6 Å². The highest BCUT2D eigenvalue weighted by Crippen LogP contribution is 2.35. The van der Waals surface area contributed by atoms with Crippen LogP contribution in [0.15, 0.2) is 35.1 Å². The molecule has 2 aliphatic heterocycles. The first-order chi connectivity index (χ1) is 21.5. The number of aromatic nitrogens is 4. The zero-order chi connectivity index (χ0) is 31.9. The molecule has 3 aromatic heterocycles. The summed E-state index contributed by atoms with van der Waals surface area (Å²) in [7, 11) is 1.53. The number of nitrogens with zero attached hydrogens (tertiary/aromatic N) is 6. The highest BCUT2D eigenvalue weighted by Gasteiger charge is 2.29. The fourth-order valence-corrected chi connectivity index (χ4v) is 5.42. The molecule has 238 valence electrons. The largest absolute Gasteiger partial charge is 0.444 e. The molecule has 6 rings (SSSR count). The number of benzene rings is 1. The van der Waals surface area contributed by atoms with Gasteiger partial charge in [0.15, 0.2) is 11.4 Å². The van der Waals surface area contributed by atoms with Gasteiger partial charge in [-0.25, -0.2) is 23.7 Å². The molecule has 5 heterocycles. The highest BCUT2D eigenvalue weighted by molar-refractivity contribution is 5.96. The van der Waals surface area contributed by atoms with Gasteiger partial charge in [-0.05, 0) is 51.8 Å². The number of ether oxygens (including phenoxy) is 2. The van der Waals surface area contributed by atoms with Crippen LogP contribution in [0.4, 0.5) is 21.0 Å². The van der Waals surface area contributed by atoms with Crippen LogP contribution >= 0.6 is 0 Å². The Morgan fingerprint density at radius 2 is 1.87 bits per heavy atom. The summed E-state index contributed by atoms with van der Waals surface area (Å²) < 4.78 is 34.3. The molecule has 0 spiro atoms. The van der Waals surface area contributed by atoms with Gasteiger partial charge in [0, 0.05) is 62.7 Å². The summed E-state index contributed by atoms with van der Waals surface area (Å²) in [6.07, 6.45) is 5.40. The maximum absolute atomic E-state index is 15.4. The van der Waals surface area contributed by atoms with E-state index in [9.17, 15) is 9.59 Å². The molecule has 2 aliphatic rings. The number of carbonyl (C=O) groups excluding carboxylic acids is 2. The van der Waals surface area contributed by atoms with E-state index in [0.29, 0.717) is 84.9 Å². The number of nitrogens with one attached hydrogen (secondary N) is 2. The number of oxazole rings is 1. The molecular formula is C31H37FN8O5. The third kappa shape index (κ3) is 6.27. The lowest BCUT2D eigenvalue weighted by Gasteiger charge is -2.34. The molecule has 0 bridgehead atoms. The zero-order valence-corrected chi connectivity index (χ0v) is 26.0. The van der Waals surface area contributed by atoms with Crippen LogP contribution in [0.25, 0.3) is 28.1 Å². The van der Waals surface area contributed by atoms with E-state index in [4.69, 9.17) is 18.9 Å². The van der Waals surface area contributed by atoms with Crippen molar-refractivity contribution >= 4 is 29.5 Å². The predicted molar refractivity (Wildman–Crippen MR) is 165 cm³/mol. The van der Waals surface area contributed by atoms with E-state index >= 15 is 4.39 Å². The number of rotatable bonds is 6. The Morgan fingerprint density at radius 1 is 1.09 bits per heavy atom. The van der Waals surface area contributed by atoms with E-state index in [0.717, 1.165) is 6.42 Å². The van der Waals surface area contributed by atoms with Crippen molar-refractivity contribution in [2.75, 3.05) is 56.7 Å². The van der Waals surface area contributed by atoms with Crippen molar-refractivity contribution in [3.8, 4) is 22.5 Å². The standard InChI is InChI=1S/C31H37FN8O5/c1-18-12-19(28(41)33-5)13-21(25(18)32)22-14-35-40-16-23(26(37-27(22)40)36-20-6-11-43-17-20)24-15-34-29(44-24)38-7-9-39(10-8-38)30(42)45-31(2,3)4/h12-16,20H,6-11,17H2,1-5H3,(H,33,41)(H,36,37)/t20-/m0/s1. The van der Waals surface area contributed by atoms with Crippen molar-refractivity contribution in [2.45, 2.75) is 45.8 Å². The van der Waals surface area contributed by atoms with Crippen LogP contribution in [-0.2, 0) is 9.47 Å². The second-order valence-electron chi connectivity index (χ2n) is 12.2. The van der Waals surface area contributed by atoms with Gasteiger partial charge >= 0.3 is 6.09 Å². The third-order valence-corrected chi connectivity index (χ3v) is 7.76. The Kier molecular flexibility index (Phi) is 8.08. The molecule has 4 aromatic rings. The predicted octanol–water partition coefficient (Wildman–Crippen LogP) is 4.12. The molecule has 0 aliphatic carbocycles. The monoisotopic (exact) mass is 620 g/mol. The molecular weight excluding hydrogens is 583 g/mol. The number of hydrogen-bond donors (Lipinski definition) is 2. The molecule has 14 heteroatoms. The van der Waals surface area contributed by atoms with Crippen molar-refractivity contribution in [2.24, 2.45) is 0 Å². The molecule has 2 N–H and O–H groups in total. The first kappa shape index (κ1) is 30.3. The molecule has 0 radical (unpaired) electrons. The van der Waals surface area contributed by atoms with Crippen molar-refractivity contribution < 1.29 is 27.9 Å². The number of piperazine rings is 1. The van der Waals surface area contributed by atoms with Gasteiger partial charge in [-0.15, -0.1) is 0 Å². The normalized spacial score (nSPS) is 17.2. The van der Waals surface area contributed by atoms with Crippen molar-refractivity contribution in [1.82, 2.24) is 29.8 Å². The lowest BCUT2D eigenvalue weighted by molar-refractivity contribution is 0.0239. The summed E-state index contributed by atoms with van der Waals surface area (Å²) in [5, 5.41) is 10.5. The van der Waals surface area contributed by atoms with Crippen molar-refractivity contribution in [1.29, 1.82) is 0 Å². The molecule has 0 saturated carbocycles. The van der Waals surface area contributed by atoms with Crippen LogP contribution in [0.1, 0.15) is 43.1 Å². The lowest BCUT2D eigenvalue weighted by atomic mass is 10.0. The van der Waals surface area contributed by atoms with Gasteiger partial charge in [-0.3, -0.25) is 4.79 Å². The maximum Gasteiger partial charge on any atom is 0.410 e. The summed E-state index contributed by atoms with van der Waals surface area (Å²) in [4.78, 5) is 38.0. The molecule has 1 aromatic carbocycles.